The molecule has 1 saturated heterocycles. The molecule has 1 aromatic rings. The van der Waals surface area contributed by atoms with Crippen LogP contribution in [0, 0.1) is 0 Å². The Hall–Kier alpha value is -1.32. The van der Waals surface area contributed by atoms with Gasteiger partial charge in [0.1, 0.15) is 12.5 Å². The molecule has 0 aromatic carbocycles. The van der Waals surface area contributed by atoms with Crippen LogP contribution in [0.3, 0.4) is 0 Å². The van der Waals surface area contributed by atoms with Gasteiger partial charge in [-0.25, -0.2) is 0 Å². The number of anilines is 1. The molecule has 0 radical (unpaired) electrons. The van der Waals surface area contributed by atoms with E-state index in [1.807, 2.05) is 0 Å². The van der Waals surface area contributed by atoms with E-state index in [9.17, 15) is 4.79 Å². The second kappa shape index (κ2) is 3.60. The molecule has 70 valence electrons. The summed E-state index contributed by atoms with van der Waals surface area (Å²) < 4.78 is 5.26. The lowest BCUT2D eigenvalue weighted by Crippen LogP contribution is -2.17. The number of carbonyl (C=O) groups is 1. The van der Waals surface area contributed by atoms with Crippen LogP contribution in [0.15, 0.2) is 10.7 Å². The Kier molecular flexibility index (Phi) is 2.29. The first kappa shape index (κ1) is 8.29. The quantitative estimate of drug-likeness (QED) is 0.651. The molecule has 0 aliphatic carbocycles. The first-order valence-corrected chi connectivity index (χ1v) is 4.53. The molecular weight excluding hydrogens is 168 g/mol. The average Bonchev–Trinajstić information content (AvgIpc) is 2.70. The Morgan fingerprint density at radius 2 is 2.31 bits per heavy atom. The SMILES string of the molecule is O=CCc1coc(N2CCCC2)n1. The minimum Gasteiger partial charge on any atom is -0.432 e. The van der Waals surface area contributed by atoms with Crippen LogP contribution in [0.25, 0.3) is 0 Å². The van der Waals surface area contributed by atoms with Crippen LogP contribution in [0.5, 0.6) is 0 Å². The van der Waals surface area contributed by atoms with Gasteiger partial charge in [0.15, 0.2) is 0 Å². The number of oxazole rings is 1. The van der Waals surface area contributed by atoms with Crippen LogP contribution in [0.4, 0.5) is 6.01 Å². The Morgan fingerprint density at radius 1 is 1.54 bits per heavy atom. The van der Waals surface area contributed by atoms with E-state index in [1.165, 1.54) is 12.8 Å². The van der Waals surface area contributed by atoms with Crippen LogP contribution in [-0.4, -0.2) is 24.4 Å². The lowest BCUT2D eigenvalue weighted by molar-refractivity contribution is -0.107. The number of aromatic nitrogens is 1. The molecule has 1 aliphatic heterocycles. The van der Waals surface area contributed by atoms with Crippen LogP contribution in [0.1, 0.15) is 18.5 Å². The summed E-state index contributed by atoms with van der Waals surface area (Å²) >= 11 is 0. The van der Waals surface area contributed by atoms with Crippen molar-refractivity contribution < 1.29 is 9.21 Å². The number of hydrogen-bond donors (Lipinski definition) is 0. The maximum absolute atomic E-state index is 10.2. The number of rotatable bonds is 3. The highest BCUT2D eigenvalue weighted by atomic mass is 16.4. The molecule has 2 rings (SSSR count). The van der Waals surface area contributed by atoms with Gasteiger partial charge in [0, 0.05) is 19.5 Å². The van der Waals surface area contributed by atoms with Gasteiger partial charge in [0.2, 0.25) is 0 Å². The first-order valence-electron chi connectivity index (χ1n) is 4.53. The Labute approximate surface area is 76.6 Å². The third kappa shape index (κ3) is 1.71. The van der Waals surface area contributed by atoms with Crippen molar-refractivity contribution in [3.8, 4) is 0 Å². The summed E-state index contributed by atoms with van der Waals surface area (Å²) in [7, 11) is 0. The molecule has 1 fully saturated rings. The summed E-state index contributed by atoms with van der Waals surface area (Å²) in [4.78, 5) is 16.5. The highest BCUT2D eigenvalue weighted by molar-refractivity contribution is 5.53. The lowest BCUT2D eigenvalue weighted by atomic mass is 10.4. The minimum absolute atomic E-state index is 0.345. The lowest BCUT2D eigenvalue weighted by Gasteiger charge is -2.10. The van der Waals surface area contributed by atoms with Crippen molar-refractivity contribution in [1.82, 2.24) is 4.98 Å². The molecule has 0 unspecified atom stereocenters. The number of carbonyl (C=O) groups excluding carboxylic acids is 1. The van der Waals surface area contributed by atoms with E-state index in [0.717, 1.165) is 25.1 Å². The summed E-state index contributed by atoms with van der Waals surface area (Å²) in [6, 6.07) is 0.661. The smallest absolute Gasteiger partial charge is 0.297 e. The molecule has 2 heterocycles. The molecule has 0 atom stereocenters. The van der Waals surface area contributed by atoms with Crippen LogP contribution >= 0.6 is 0 Å². The second-order valence-electron chi connectivity index (χ2n) is 3.19. The van der Waals surface area contributed by atoms with E-state index in [0.29, 0.717) is 12.4 Å². The summed E-state index contributed by atoms with van der Waals surface area (Å²) in [5, 5.41) is 0. The highest BCUT2D eigenvalue weighted by Crippen LogP contribution is 2.18. The van der Waals surface area contributed by atoms with E-state index < -0.39 is 0 Å². The zero-order valence-electron chi connectivity index (χ0n) is 7.40. The van der Waals surface area contributed by atoms with Crippen molar-refractivity contribution in [1.29, 1.82) is 0 Å². The fraction of sp³-hybridized carbons (Fsp3) is 0.556. The Morgan fingerprint density at radius 3 is 3.00 bits per heavy atom. The summed E-state index contributed by atoms with van der Waals surface area (Å²) in [6.07, 6.45) is 5.14. The van der Waals surface area contributed by atoms with E-state index in [4.69, 9.17) is 4.42 Å². The van der Waals surface area contributed by atoms with E-state index in [-0.39, 0.29) is 0 Å². The first-order chi connectivity index (χ1) is 6.40. The van der Waals surface area contributed by atoms with Gasteiger partial charge in [-0.1, -0.05) is 0 Å². The van der Waals surface area contributed by atoms with Crippen LogP contribution in [-0.2, 0) is 11.2 Å². The maximum atomic E-state index is 10.2. The molecule has 4 nitrogen and oxygen atoms in total. The average molecular weight is 180 g/mol. The number of hydrogen-bond acceptors (Lipinski definition) is 4. The van der Waals surface area contributed by atoms with Crippen molar-refractivity contribution in [2.75, 3.05) is 18.0 Å². The van der Waals surface area contributed by atoms with Crippen molar-refractivity contribution in [2.24, 2.45) is 0 Å². The predicted octanol–water partition coefficient (Wildman–Crippen LogP) is 1.02. The fourth-order valence-electron chi connectivity index (χ4n) is 1.53. The van der Waals surface area contributed by atoms with Gasteiger partial charge in [-0.05, 0) is 12.8 Å². The molecule has 13 heavy (non-hydrogen) atoms. The summed E-state index contributed by atoms with van der Waals surface area (Å²) in [5.74, 6) is 0. The van der Waals surface area contributed by atoms with Crippen molar-refractivity contribution in [3.63, 3.8) is 0 Å². The standard InChI is InChI=1S/C9H12N2O2/c12-6-3-8-7-13-9(10-8)11-4-1-2-5-11/h6-7H,1-5H2. The number of nitrogens with zero attached hydrogens (tertiary/aromatic N) is 2. The molecular formula is C9H12N2O2. The monoisotopic (exact) mass is 180 g/mol. The molecule has 1 aliphatic rings. The van der Waals surface area contributed by atoms with Crippen LogP contribution in [0.2, 0.25) is 0 Å². The Balaban J connectivity index is 2.07. The zero-order chi connectivity index (χ0) is 9.10. The van der Waals surface area contributed by atoms with E-state index in [2.05, 4.69) is 9.88 Å². The highest BCUT2D eigenvalue weighted by Gasteiger charge is 2.16. The second-order valence-corrected chi connectivity index (χ2v) is 3.19. The van der Waals surface area contributed by atoms with Gasteiger partial charge < -0.3 is 14.1 Å². The molecule has 0 amide bonds. The summed E-state index contributed by atoms with van der Waals surface area (Å²) in [5.41, 5.74) is 0.719. The van der Waals surface area contributed by atoms with Gasteiger partial charge in [-0.3, -0.25) is 0 Å². The van der Waals surface area contributed by atoms with E-state index >= 15 is 0 Å². The Bertz CT molecular complexity index is 290. The summed E-state index contributed by atoms with van der Waals surface area (Å²) in [6.45, 7) is 2.03. The maximum Gasteiger partial charge on any atom is 0.297 e. The minimum atomic E-state index is 0.345. The van der Waals surface area contributed by atoms with Gasteiger partial charge in [-0.2, -0.15) is 4.98 Å². The van der Waals surface area contributed by atoms with Gasteiger partial charge >= 0.3 is 0 Å². The van der Waals surface area contributed by atoms with Crippen molar-refractivity contribution >= 4 is 12.3 Å². The fourth-order valence-corrected chi connectivity index (χ4v) is 1.53. The molecule has 0 saturated carbocycles. The van der Waals surface area contributed by atoms with Crippen molar-refractivity contribution in [3.05, 3.63) is 12.0 Å². The van der Waals surface area contributed by atoms with Gasteiger partial charge in [0.05, 0.1) is 5.69 Å². The van der Waals surface area contributed by atoms with Gasteiger partial charge in [0.25, 0.3) is 6.01 Å². The third-order valence-electron chi connectivity index (χ3n) is 2.21. The van der Waals surface area contributed by atoms with Crippen molar-refractivity contribution in [2.45, 2.75) is 19.3 Å². The topological polar surface area (TPSA) is 46.3 Å². The molecule has 0 N–H and O–H groups in total. The third-order valence-corrected chi connectivity index (χ3v) is 2.21. The molecule has 0 bridgehead atoms. The zero-order valence-corrected chi connectivity index (χ0v) is 7.40. The molecule has 1 aromatic heterocycles. The predicted molar refractivity (Wildman–Crippen MR) is 47.7 cm³/mol. The number of aldehydes is 1. The normalized spacial score (nSPS) is 16.5. The molecule has 0 spiro atoms. The van der Waals surface area contributed by atoms with Crippen LogP contribution < -0.4 is 4.90 Å². The van der Waals surface area contributed by atoms with E-state index in [1.54, 1.807) is 6.26 Å². The molecule has 4 heteroatoms. The largest absolute Gasteiger partial charge is 0.432 e. The van der Waals surface area contributed by atoms with Gasteiger partial charge in [-0.15, -0.1) is 0 Å².